The van der Waals surface area contributed by atoms with Crippen molar-refractivity contribution < 1.29 is 4.74 Å². The molecule has 5 heteroatoms. The smallest absolute Gasteiger partial charge is 0.125 e. The average molecular weight is 339 g/mol. The van der Waals surface area contributed by atoms with E-state index in [2.05, 4.69) is 22.0 Å². The lowest BCUT2D eigenvalue weighted by molar-refractivity contribution is 0.305. The first-order chi connectivity index (χ1) is 8.97. The molecule has 2 aromatic rings. The van der Waals surface area contributed by atoms with Gasteiger partial charge in [-0.3, -0.25) is 5.41 Å². The Labute approximate surface area is 125 Å². The number of aryl methyl sites for hydroxylation is 2. The first-order valence-corrected chi connectivity index (χ1v) is 7.46. The Bertz CT molecular complexity index is 599. The fraction of sp³-hybridized carbons (Fsp3) is 0.214. The van der Waals surface area contributed by atoms with E-state index in [0.717, 1.165) is 26.9 Å². The van der Waals surface area contributed by atoms with Crippen LogP contribution in [0.1, 0.15) is 21.6 Å². The van der Waals surface area contributed by atoms with Crippen molar-refractivity contribution in [1.82, 2.24) is 0 Å². The van der Waals surface area contributed by atoms with Crippen molar-refractivity contribution in [3.05, 3.63) is 49.6 Å². The molecule has 1 aromatic heterocycles. The van der Waals surface area contributed by atoms with Gasteiger partial charge in [0, 0.05) is 20.3 Å². The minimum Gasteiger partial charge on any atom is -0.488 e. The molecular formula is C14H15BrN2OS. The largest absolute Gasteiger partial charge is 0.488 e. The summed E-state index contributed by atoms with van der Waals surface area (Å²) in [5, 5.41) is 9.51. The van der Waals surface area contributed by atoms with Crippen LogP contribution in [-0.2, 0) is 6.61 Å². The first-order valence-electron chi connectivity index (χ1n) is 5.78. The Hall–Kier alpha value is -1.33. The number of hydrogen-bond donors (Lipinski definition) is 2. The molecule has 3 nitrogen and oxygen atoms in total. The molecule has 0 unspecified atom stereocenters. The van der Waals surface area contributed by atoms with Crippen LogP contribution in [0.3, 0.4) is 0 Å². The Balaban J connectivity index is 2.18. The van der Waals surface area contributed by atoms with Crippen molar-refractivity contribution in [2.75, 3.05) is 0 Å². The summed E-state index contributed by atoms with van der Waals surface area (Å²) in [5.74, 6) is 0.953. The highest BCUT2D eigenvalue weighted by molar-refractivity contribution is 9.10. The number of benzene rings is 1. The minimum atomic E-state index is 0.0833. The third kappa shape index (κ3) is 3.36. The Morgan fingerprint density at radius 3 is 2.42 bits per heavy atom. The van der Waals surface area contributed by atoms with Crippen molar-refractivity contribution in [2.24, 2.45) is 5.73 Å². The number of rotatable bonds is 4. The van der Waals surface area contributed by atoms with Crippen LogP contribution < -0.4 is 10.5 Å². The second-order valence-corrected chi connectivity index (χ2v) is 6.28. The van der Waals surface area contributed by atoms with Crippen molar-refractivity contribution in [2.45, 2.75) is 20.5 Å². The molecule has 0 atom stereocenters. The summed E-state index contributed by atoms with van der Waals surface area (Å²) >= 11 is 5.09. The predicted molar refractivity (Wildman–Crippen MR) is 83.3 cm³/mol. The molecule has 3 N–H and O–H groups in total. The highest BCUT2D eigenvalue weighted by Gasteiger charge is 2.09. The molecule has 0 aliphatic rings. The summed E-state index contributed by atoms with van der Waals surface area (Å²) in [6.07, 6.45) is 0. The maximum Gasteiger partial charge on any atom is 0.125 e. The molecule has 0 bridgehead atoms. The maximum atomic E-state index is 7.47. The zero-order chi connectivity index (χ0) is 14.0. The van der Waals surface area contributed by atoms with Gasteiger partial charge >= 0.3 is 0 Å². The van der Waals surface area contributed by atoms with Gasteiger partial charge in [0.05, 0.1) is 0 Å². The summed E-state index contributed by atoms with van der Waals surface area (Å²) in [5.41, 5.74) is 8.25. The van der Waals surface area contributed by atoms with E-state index in [0.29, 0.717) is 6.61 Å². The Morgan fingerprint density at radius 2 is 1.95 bits per heavy atom. The monoisotopic (exact) mass is 338 g/mol. The molecule has 100 valence electrons. The van der Waals surface area contributed by atoms with Gasteiger partial charge in [-0.05, 0) is 59.1 Å². The Morgan fingerprint density at radius 1 is 1.32 bits per heavy atom. The van der Waals surface area contributed by atoms with E-state index in [-0.39, 0.29) is 5.84 Å². The zero-order valence-corrected chi connectivity index (χ0v) is 13.2. The first kappa shape index (κ1) is 14.1. The number of ether oxygens (including phenoxy) is 1. The van der Waals surface area contributed by atoms with E-state index in [4.69, 9.17) is 15.9 Å². The number of thiophene rings is 1. The summed E-state index contributed by atoms with van der Waals surface area (Å²) in [7, 11) is 0. The quantitative estimate of drug-likeness (QED) is 0.654. The van der Waals surface area contributed by atoms with Gasteiger partial charge in [0.25, 0.3) is 0 Å². The van der Waals surface area contributed by atoms with Gasteiger partial charge in [0.2, 0.25) is 0 Å². The lowest BCUT2D eigenvalue weighted by atomic mass is 10.1. The molecular weight excluding hydrogens is 324 g/mol. The van der Waals surface area contributed by atoms with Gasteiger partial charge in [-0.2, -0.15) is 0 Å². The normalized spacial score (nSPS) is 10.5. The van der Waals surface area contributed by atoms with Crippen LogP contribution in [0.25, 0.3) is 0 Å². The average Bonchev–Trinajstić information content (AvgIpc) is 2.73. The molecule has 0 aliphatic carbocycles. The number of hydrogen-bond acceptors (Lipinski definition) is 3. The van der Waals surface area contributed by atoms with E-state index in [1.807, 2.05) is 31.4 Å². The molecule has 0 saturated heterocycles. The number of amidine groups is 1. The van der Waals surface area contributed by atoms with Crippen molar-refractivity contribution in [1.29, 1.82) is 5.41 Å². The van der Waals surface area contributed by atoms with Gasteiger partial charge in [0.1, 0.15) is 18.2 Å². The third-order valence-corrected chi connectivity index (χ3v) is 4.42. The standard InChI is InChI=1S/C14H15BrN2OS/c1-8-3-10(14(16)17)4-9(2)13(8)18-6-12-5-11(15)7-19-12/h3-5,7H,6H2,1-2H3,(H3,16,17). The topological polar surface area (TPSA) is 59.1 Å². The Kier molecular flexibility index (Phi) is 4.27. The lowest BCUT2D eigenvalue weighted by Crippen LogP contribution is -2.12. The summed E-state index contributed by atoms with van der Waals surface area (Å²) < 4.78 is 6.96. The summed E-state index contributed by atoms with van der Waals surface area (Å²) in [4.78, 5) is 1.17. The van der Waals surface area contributed by atoms with Crippen molar-refractivity contribution in [3.63, 3.8) is 0 Å². The van der Waals surface area contributed by atoms with Gasteiger partial charge in [0.15, 0.2) is 0 Å². The van der Waals surface area contributed by atoms with E-state index in [9.17, 15) is 0 Å². The fourth-order valence-corrected chi connectivity index (χ4v) is 3.27. The van der Waals surface area contributed by atoms with Crippen LogP contribution in [0, 0.1) is 19.3 Å². The number of nitrogens with one attached hydrogen (secondary N) is 1. The molecule has 0 spiro atoms. The zero-order valence-electron chi connectivity index (χ0n) is 10.8. The molecule has 1 aromatic carbocycles. The highest BCUT2D eigenvalue weighted by atomic mass is 79.9. The molecule has 0 fully saturated rings. The second-order valence-electron chi connectivity index (χ2n) is 4.37. The van der Waals surface area contributed by atoms with Gasteiger partial charge in [-0.1, -0.05) is 0 Å². The molecule has 2 rings (SSSR count). The molecule has 19 heavy (non-hydrogen) atoms. The number of nitrogens with two attached hydrogens (primary N) is 1. The number of halogens is 1. The van der Waals surface area contributed by atoms with Crippen LogP contribution in [0.2, 0.25) is 0 Å². The molecule has 0 aliphatic heterocycles. The van der Waals surface area contributed by atoms with E-state index >= 15 is 0 Å². The van der Waals surface area contributed by atoms with Crippen molar-refractivity contribution >= 4 is 33.1 Å². The fourth-order valence-electron chi connectivity index (χ4n) is 1.91. The molecule has 0 saturated carbocycles. The SMILES string of the molecule is Cc1cc(C(=N)N)cc(C)c1OCc1cc(Br)cs1. The summed E-state index contributed by atoms with van der Waals surface area (Å²) in [6.45, 7) is 4.50. The van der Waals surface area contributed by atoms with Crippen LogP contribution in [0.4, 0.5) is 0 Å². The van der Waals surface area contributed by atoms with Crippen LogP contribution >= 0.6 is 27.3 Å². The third-order valence-electron chi connectivity index (χ3n) is 2.75. The van der Waals surface area contributed by atoms with Crippen LogP contribution in [-0.4, -0.2) is 5.84 Å². The van der Waals surface area contributed by atoms with E-state index in [1.165, 1.54) is 4.88 Å². The number of nitrogen functional groups attached to an aromatic ring is 1. The minimum absolute atomic E-state index is 0.0833. The predicted octanol–water partition coefficient (Wildman–Crippen LogP) is 3.99. The van der Waals surface area contributed by atoms with Crippen molar-refractivity contribution in [3.8, 4) is 5.75 Å². The maximum absolute atomic E-state index is 7.47. The van der Waals surface area contributed by atoms with Crippen LogP contribution in [0.5, 0.6) is 5.75 Å². The molecule has 1 heterocycles. The van der Waals surface area contributed by atoms with Gasteiger partial charge in [-0.25, -0.2) is 0 Å². The summed E-state index contributed by atoms with van der Waals surface area (Å²) in [6, 6.07) is 5.82. The highest BCUT2D eigenvalue weighted by Crippen LogP contribution is 2.27. The van der Waals surface area contributed by atoms with E-state index in [1.54, 1.807) is 11.3 Å². The van der Waals surface area contributed by atoms with Gasteiger partial charge < -0.3 is 10.5 Å². The van der Waals surface area contributed by atoms with Gasteiger partial charge in [-0.15, -0.1) is 11.3 Å². The second kappa shape index (κ2) is 5.75. The van der Waals surface area contributed by atoms with Crippen LogP contribution in [0.15, 0.2) is 28.1 Å². The lowest BCUT2D eigenvalue weighted by Gasteiger charge is -2.13. The molecule has 0 amide bonds. The van der Waals surface area contributed by atoms with E-state index < -0.39 is 0 Å². The molecule has 0 radical (unpaired) electrons.